The number of tetrazole rings is 1. The van der Waals surface area contributed by atoms with E-state index in [-0.39, 0.29) is 23.0 Å². The van der Waals surface area contributed by atoms with Crippen LogP contribution in [0, 0.1) is 0 Å². The summed E-state index contributed by atoms with van der Waals surface area (Å²) in [5.74, 6) is -0.0683. The minimum atomic E-state index is -4.51. The number of nitrogens with one attached hydrogen (secondary N) is 3. The van der Waals surface area contributed by atoms with Crippen molar-refractivity contribution in [3.63, 3.8) is 0 Å². The van der Waals surface area contributed by atoms with Gasteiger partial charge in [0.25, 0.3) is 0 Å². The minimum Gasteiger partial charge on any atom is -0.369 e. The van der Waals surface area contributed by atoms with Gasteiger partial charge in [-0.3, -0.25) is 0 Å². The van der Waals surface area contributed by atoms with Crippen LogP contribution in [0.2, 0.25) is 0 Å². The van der Waals surface area contributed by atoms with Crippen molar-refractivity contribution in [2.24, 2.45) is 5.14 Å². The maximum absolute atomic E-state index is 13.3. The van der Waals surface area contributed by atoms with Crippen molar-refractivity contribution in [1.82, 2.24) is 35.6 Å². The Morgan fingerprint density at radius 2 is 2.03 bits per heavy atom. The number of primary sulfonamides is 1. The summed E-state index contributed by atoms with van der Waals surface area (Å²) < 4.78 is 60.7. The monoisotopic (exact) mass is 513 g/mol. The molecule has 1 atom stereocenters. The van der Waals surface area contributed by atoms with E-state index in [2.05, 4.69) is 35.6 Å². The Hall–Kier alpha value is -2.21. The van der Waals surface area contributed by atoms with Crippen LogP contribution in [0.15, 0.2) is 21.9 Å². The number of aromatic amines is 1. The zero-order valence-electron chi connectivity index (χ0n) is 18.6. The van der Waals surface area contributed by atoms with Gasteiger partial charge in [-0.25, -0.2) is 26.7 Å². The lowest BCUT2D eigenvalue weighted by atomic mass is 9.90. The summed E-state index contributed by atoms with van der Waals surface area (Å²) in [6.07, 6.45) is 0.587. The molecule has 3 aliphatic heterocycles. The van der Waals surface area contributed by atoms with E-state index in [1.54, 1.807) is 6.07 Å². The largest absolute Gasteiger partial charge is 0.369 e. The number of sulfonamides is 2. The van der Waals surface area contributed by atoms with Gasteiger partial charge in [-0.1, -0.05) is 0 Å². The number of nitrogens with two attached hydrogens (primary N) is 1. The SMILES string of the molecule is CN1CCOC2(C1)CN(c1ccc(S(=O)(=O)N[C@@H]3CCNC3)c(S(N)(=O)=O)c1-c1nn[nH]n1)C2. The highest BCUT2D eigenvalue weighted by atomic mass is 32.2. The third kappa shape index (κ3) is 4.30. The van der Waals surface area contributed by atoms with Crippen molar-refractivity contribution in [2.45, 2.75) is 27.9 Å². The third-order valence-electron chi connectivity index (χ3n) is 6.36. The quantitative estimate of drug-likeness (QED) is 0.324. The Morgan fingerprint density at radius 1 is 1.24 bits per heavy atom. The molecule has 0 aliphatic carbocycles. The maximum atomic E-state index is 13.3. The fourth-order valence-corrected chi connectivity index (χ4v) is 7.75. The summed E-state index contributed by atoms with van der Waals surface area (Å²) in [6.45, 7) is 4.26. The van der Waals surface area contributed by atoms with Gasteiger partial charge >= 0.3 is 0 Å². The molecular weight excluding hydrogens is 486 g/mol. The lowest BCUT2D eigenvalue weighted by Gasteiger charge is -2.54. The molecule has 34 heavy (non-hydrogen) atoms. The Balaban J connectivity index is 1.60. The predicted molar refractivity (Wildman–Crippen MR) is 121 cm³/mol. The second-order valence-corrected chi connectivity index (χ2v) is 12.2. The highest BCUT2D eigenvalue weighted by molar-refractivity contribution is 7.92. The molecule has 3 fully saturated rings. The van der Waals surface area contributed by atoms with E-state index in [1.165, 1.54) is 6.07 Å². The summed E-state index contributed by atoms with van der Waals surface area (Å²) in [5, 5.41) is 22.4. The Labute approximate surface area is 197 Å². The summed E-state index contributed by atoms with van der Waals surface area (Å²) in [4.78, 5) is 3.07. The van der Waals surface area contributed by atoms with E-state index in [0.29, 0.717) is 44.9 Å². The van der Waals surface area contributed by atoms with Gasteiger partial charge in [0.05, 0.1) is 25.3 Å². The van der Waals surface area contributed by atoms with Gasteiger partial charge in [0.1, 0.15) is 15.4 Å². The standard InChI is InChI=1S/C18H27N9O5S2/c1-26-6-7-32-18(9-26)10-27(11-18)13-2-3-14(34(30,31)23-12-4-5-20-8-12)16(33(19,28)29)15(13)17-21-24-25-22-17/h2-3,12,20,23H,4-11H2,1H3,(H2,19,28,29)(H,21,22,24,25)/t12-/m1/s1. The lowest BCUT2D eigenvalue weighted by molar-refractivity contribution is -0.117. The van der Waals surface area contributed by atoms with E-state index in [4.69, 9.17) is 9.88 Å². The van der Waals surface area contributed by atoms with Gasteiger partial charge in [-0.2, -0.15) is 5.21 Å². The molecule has 0 amide bonds. The number of H-pyrrole nitrogens is 1. The van der Waals surface area contributed by atoms with Crippen LogP contribution in [0.25, 0.3) is 11.4 Å². The van der Waals surface area contributed by atoms with Gasteiger partial charge in [-0.05, 0) is 37.4 Å². The molecule has 2 aromatic rings. The van der Waals surface area contributed by atoms with Crippen molar-refractivity contribution >= 4 is 25.7 Å². The van der Waals surface area contributed by atoms with Crippen molar-refractivity contribution in [3.8, 4) is 11.4 Å². The van der Waals surface area contributed by atoms with Crippen molar-refractivity contribution < 1.29 is 21.6 Å². The molecule has 0 saturated carbocycles. The first-order valence-electron chi connectivity index (χ1n) is 10.8. The summed E-state index contributed by atoms with van der Waals surface area (Å²) >= 11 is 0. The molecule has 1 aromatic carbocycles. The molecule has 0 bridgehead atoms. The smallest absolute Gasteiger partial charge is 0.242 e. The first kappa shape index (κ1) is 23.5. The molecule has 1 spiro atoms. The van der Waals surface area contributed by atoms with Crippen LogP contribution in [0.3, 0.4) is 0 Å². The number of benzene rings is 1. The number of hydrogen-bond donors (Lipinski definition) is 4. The Bertz CT molecular complexity index is 1270. The van der Waals surface area contributed by atoms with Gasteiger partial charge < -0.3 is 19.9 Å². The molecular formula is C18H27N9O5S2. The highest BCUT2D eigenvalue weighted by Crippen LogP contribution is 2.42. The van der Waals surface area contributed by atoms with Gasteiger partial charge in [0.2, 0.25) is 25.9 Å². The minimum absolute atomic E-state index is 0.0114. The number of hydrogen-bond acceptors (Lipinski definition) is 11. The van der Waals surface area contributed by atoms with E-state index >= 15 is 0 Å². The first-order chi connectivity index (χ1) is 16.1. The summed E-state index contributed by atoms with van der Waals surface area (Å²) in [5.41, 5.74) is 0.0439. The average molecular weight is 514 g/mol. The lowest BCUT2D eigenvalue weighted by Crippen LogP contribution is -2.70. The highest BCUT2D eigenvalue weighted by Gasteiger charge is 2.48. The molecule has 0 unspecified atom stereocenters. The van der Waals surface area contributed by atoms with E-state index in [0.717, 1.165) is 13.1 Å². The molecule has 0 radical (unpaired) electrons. The second-order valence-electron chi connectivity index (χ2n) is 9.00. The van der Waals surface area contributed by atoms with Gasteiger partial charge in [0.15, 0.2) is 0 Å². The van der Waals surface area contributed by atoms with Crippen molar-refractivity contribution in [1.29, 1.82) is 0 Å². The zero-order valence-corrected chi connectivity index (χ0v) is 20.2. The van der Waals surface area contributed by atoms with Crippen molar-refractivity contribution in [3.05, 3.63) is 12.1 Å². The molecule has 4 heterocycles. The number of ether oxygens (including phenoxy) is 1. The normalized spacial score (nSPS) is 23.4. The summed E-state index contributed by atoms with van der Waals surface area (Å²) in [7, 11) is -6.72. The molecule has 3 saturated heterocycles. The number of nitrogens with zero attached hydrogens (tertiary/aromatic N) is 5. The first-order valence-corrected chi connectivity index (χ1v) is 13.9. The van der Waals surface area contributed by atoms with E-state index in [9.17, 15) is 16.8 Å². The Kier molecular flexibility index (Phi) is 5.86. The van der Waals surface area contributed by atoms with E-state index < -0.39 is 29.8 Å². The van der Waals surface area contributed by atoms with Crippen LogP contribution in [-0.2, 0) is 24.8 Å². The zero-order chi connectivity index (χ0) is 24.1. The average Bonchev–Trinajstić information content (AvgIpc) is 3.44. The molecule has 1 aromatic heterocycles. The van der Waals surface area contributed by atoms with Crippen molar-refractivity contribution in [2.75, 3.05) is 57.8 Å². The van der Waals surface area contributed by atoms with Crippen LogP contribution in [-0.4, -0.2) is 107 Å². The number of anilines is 1. The van der Waals surface area contributed by atoms with Crippen LogP contribution in [0.5, 0.6) is 0 Å². The molecule has 5 rings (SSSR count). The Morgan fingerprint density at radius 3 is 2.65 bits per heavy atom. The molecule has 16 heteroatoms. The van der Waals surface area contributed by atoms with Gasteiger partial charge in [0, 0.05) is 31.4 Å². The fraction of sp³-hybridized carbons (Fsp3) is 0.611. The number of rotatable bonds is 6. The number of aromatic nitrogens is 4. The topological polar surface area (TPSA) is 189 Å². The number of likely N-dealkylation sites (N-methyl/N-ethyl adjacent to an activating group) is 1. The number of morpholine rings is 1. The van der Waals surface area contributed by atoms with E-state index in [1.807, 2.05) is 11.9 Å². The second kappa shape index (κ2) is 8.47. The van der Waals surface area contributed by atoms with Crippen LogP contribution >= 0.6 is 0 Å². The van der Waals surface area contributed by atoms with Crippen LogP contribution < -0.4 is 20.1 Å². The molecule has 14 nitrogen and oxygen atoms in total. The third-order valence-corrected chi connectivity index (χ3v) is 9.05. The molecule has 186 valence electrons. The van der Waals surface area contributed by atoms with Crippen LogP contribution in [0.1, 0.15) is 6.42 Å². The predicted octanol–water partition coefficient (Wildman–Crippen LogP) is -2.32. The maximum Gasteiger partial charge on any atom is 0.242 e. The van der Waals surface area contributed by atoms with Crippen LogP contribution in [0.4, 0.5) is 5.69 Å². The molecule has 3 aliphatic rings. The fourth-order valence-electron chi connectivity index (χ4n) is 4.88. The van der Waals surface area contributed by atoms with Gasteiger partial charge in [-0.15, -0.1) is 10.2 Å². The summed E-state index contributed by atoms with van der Waals surface area (Å²) in [6, 6.07) is 2.46. The molecule has 5 N–H and O–H groups in total.